The van der Waals surface area contributed by atoms with E-state index in [1.807, 2.05) is 0 Å². The Bertz CT molecular complexity index is 709. The molecule has 1 N–H and O–H groups in total. The van der Waals surface area contributed by atoms with Crippen LogP contribution in [0.5, 0.6) is 0 Å². The summed E-state index contributed by atoms with van der Waals surface area (Å²) in [6.07, 6.45) is 2.61. The molecule has 2 fully saturated rings. The molecule has 0 aromatic heterocycles. The zero-order valence-corrected chi connectivity index (χ0v) is 15.5. The van der Waals surface area contributed by atoms with Gasteiger partial charge in [-0.25, -0.2) is 13.2 Å². The van der Waals surface area contributed by atoms with Gasteiger partial charge in [0, 0.05) is 18.6 Å². The van der Waals surface area contributed by atoms with E-state index in [4.69, 9.17) is 4.74 Å². The molecular weight excluding hydrogens is 352 g/mol. The molecule has 2 atom stereocenters. The molecule has 2 heterocycles. The zero-order valence-electron chi connectivity index (χ0n) is 13.8. The number of hydrogen-bond acceptors (Lipinski definition) is 5. The Balaban J connectivity index is 0.00000208. The first-order chi connectivity index (χ1) is 10.9. The van der Waals surface area contributed by atoms with Gasteiger partial charge in [-0.2, -0.15) is 4.31 Å². The van der Waals surface area contributed by atoms with Crippen LogP contribution in [0.25, 0.3) is 0 Å². The van der Waals surface area contributed by atoms with Crippen molar-refractivity contribution < 1.29 is 17.9 Å². The maximum Gasteiger partial charge on any atom is 0.337 e. The van der Waals surface area contributed by atoms with Crippen molar-refractivity contribution in [1.82, 2.24) is 9.62 Å². The van der Waals surface area contributed by atoms with Gasteiger partial charge in [0.05, 0.1) is 17.6 Å². The predicted molar refractivity (Wildman–Crippen MR) is 93.1 cm³/mol. The van der Waals surface area contributed by atoms with Crippen LogP contribution in [0.1, 0.15) is 35.2 Å². The summed E-state index contributed by atoms with van der Waals surface area (Å²) in [5, 5.41) is 3.31. The molecule has 0 spiro atoms. The highest BCUT2D eigenvalue weighted by Gasteiger charge is 2.43. The summed E-state index contributed by atoms with van der Waals surface area (Å²) < 4.78 is 32.8. The van der Waals surface area contributed by atoms with E-state index in [1.165, 1.54) is 13.2 Å². The number of benzene rings is 1. The lowest BCUT2D eigenvalue weighted by atomic mass is 10.1. The third-order valence-electron chi connectivity index (χ3n) is 4.75. The minimum Gasteiger partial charge on any atom is -0.465 e. The molecular formula is C16H23ClN2O4S. The molecule has 8 heteroatoms. The number of esters is 1. The number of aryl methyl sites for hydroxylation is 1. The van der Waals surface area contributed by atoms with Gasteiger partial charge in [0.2, 0.25) is 10.0 Å². The van der Waals surface area contributed by atoms with Crippen molar-refractivity contribution in [2.45, 2.75) is 43.2 Å². The first-order valence-corrected chi connectivity index (χ1v) is 9.32. The molecule has 2 aliphatic heterocycles. The summed E-state index contributed by atoms with van der Waals surface area (Å²) in [5.74, 6) is -0.526. The van der Waals surface area contributed by atoms with Crippen molar-refractivity contribution in [3.05, 3.63) is 29.3 Å². The molecule has 2 aliphatic rings. The second kappa shape index (κ2) is 7.39. The number of hydrogen-bond donors (Lipinski definition) is 1. The van der Waals surface area contributed by atoms with Crippen LogP contribution in [-0.4, -0.2) is 51.0 Å². The quantitative estimate of drug-likeness (QED) is 0.815. The summed E-state index contributed by atoms with van der Waals surface area (Å²) in [5.41, 5.74) is 0.909. The first-order valence-electron chi connectivity index (χ1n) is 7.88. The fraction of sp³-hybridized carbons (Fsp3) is 0.562. The summed E-state index contributed by atoms with van der Waals surface area (Å²) in [7, 11) is -2.34. The van der Waals surface area contributed by atoms with E-state index in [0.717, 1.165) is 25.8 Å². The van der Waals surface area contributed by atoms with Crippen molar-refractivity contribution in [1.29, 1.82) is 0 Å². The number of halogens is 1. The number of nitrogens with zero attached hydrogens (tertiary/aromatic N) is 1. The lowest BCUT2D eigenvalue weighted by molar-refractivity contribution is 0.0600. The minimum absolute atomic E-state index is 0. The third kappa shape index (κ3) is 3.31. The van der Waals surface area contributed by atoms with E-state index < -0.39 is 16.0 Å². The third-order valence-corrected chi connectivity index (χ3v) is 6.90. The number of carbonyl (C=O) groups is 1. The average molecular weight is 375 g/mol. The Hall–Kier alpha value is -1.15. The molecule has 2 bridgehead atoms. The number of fused-ring (bicyclic) bond motifs is 2. The lowest BCUT2D eigenvalue weighted by Gasteiger charge is -2.27. The van der Waals surface area contributed by atoms with Crippen molar-refractivity contribution in [3.8, 4) is 0 Å². The molecule has 2 saturated heterocycles. The highest BCUT2D eigenvalue weighted by atomic mass is 35.5. The molecule has 134 valence electrons. The van der Waals surface area contributed by atoms with Gasteiger partial charge in [0.25, 0.3) is 0 Å². The van der Waals surface area contributed by atoms with Crippen molar-refractivity contribution >= 4 is 28.4 Å². The zero-order chi connectivity index (χ0) is 16.6. The van der Waals surface area contributed by atoms with Gasteiger partial charge in [-0.1, -0.05) is 6.07 Å². The lowest BCUT2D eigenvalue weighted by Crippen LogP contribution is -2.42. The number of ether oxygens (including phenoxy) is 1. The largest absolute Gasteiger partial charge is 0.465 e. The van der Waals surface area contributed by atoms with Gasteiger partial charge in [0.1, 0.15) is 0 Å². The molecule has 1 aromatic carbocycles. The summed E-state index contributed by atoms with van der Waals surface area (Å²) in [6.45, 7) is 3.28. The normalized spacial score (nSPS) is 24.1. The Labute approximate surface area is 149 Å². The van der Waals surface area contributed by atoms with E-state index >= 15 is 0 Å². The Morgan fingerprint density at radius 2 is 1.96 bits per heavy atom. The van der Waals surface area contributed by atoms with Gasteiger partial charge < -0.3 is 10.1 Å². The summed E-state index contributed by atoms with van der Waals surface area (Å²) in [6, 6.07) is 4.74. The topological polar surface area (TPSA) is 75.7 Å². The fourth-order valence-corrected chi connectivity index (χ4v) is 5.72. The number of nitrogens with one attached hydrogen (secondary N) is 1. The van der Waals surface area contributed by atoms with Crippen LogP contribution in [-0.2, 0) is 14.8 Å². The van der Waals surface area contributed by atoms with Gasteiger partial charge in [0.15, 0.2) is 0 Å². The van der Waals surface area contributed by atoms with Crippen molar-refractivity contribution in [2.24, 2.45) is 0 Å². The molecule has 0 saturated carbocycles. The van der Waals surface area contributed by atoms with Crippen molar-refractivity contribution in [3.63, 3.8) is 0 Å². The molecule has 3 rings (SSSR count). The van der Waals surface area contributed by atoms with Crippen LogP contribution in [0.2, 0.25) is 0 Å². The Morgan fingerprint density at radius 3 is 2.67 bits per heavy atom. The highest BCUT2D eigenvalue weighted by Crippen LogP contribution is 2.34. The first kappa shape index (κ1) is 19.2. The van der Waals surface area contributed by atoms with Crippen molar-refractivity contribution in [2.75, 3.05) is 20.2 Å². The number of carbonyl (C=O) groups excluding carboxylic acids is 1. The fourth-order valence-electron chi connectivity index (χ4n) is 3.57. The monoisotopic (exact) mass is 374 g/mol. The molecule has 0 radical (unpaired) electrons. The SMILES string of the molecule is COC(=O)c1ccc(C)c(S(=O)(=O)N2C3CCNCC2CC3)c1.Cl. The van der Waals surface area contributed by atoms with E-state index in [2.05, 4.69) is 5.32 Å². The molecule has 6 nitrogen and oxygen atoms in total. The predicted octanol–water partition coefficient (Wildman–Crippen LogP) is 1.72. The number of sulfonamides is 1. The van der Waals surface area contributed by atoms with Gasteiger partial charge >= 0.3 is 5.97 Å². The van der Waals surface area contributed by atoms with Crippen LogP contribution in [0.15, 0.2) is 23.1 Å². The van der Waals surface area contributed by atoms with Crippen LogP contribution in [0.3, 0.4) is 0 Å². The molecule has 1 aromatic rings. The maximum atomic E-state index is 13.2. The Morgan fingerprint density at radius 1 is 1.25 bits per heavy atom. The maximum absolute atomic E-state index is 13.2. The summed E-state index contributed by atoms with van der Waals surface area (Å²) in [4.78, 5) is 11.9. The van der Waals surface area contributed by atoms with Crippen LogP contribution < -0.4 is 5.32 Å². The smallest absolute Gasteiger partial charge is 0.337 e. The summed E-state index contributed by atoms with van der Waals surface area (Å²) >= 11 is 0. The molecule has 24 heavy (non-hydrogen) atoms. The standard InChI is InChI=1S/C16H22N2O4S.ClH/c1-11-3-4-12(16(19)22-2)9-15(11)23(20,21)18-13-5-6-14(18)10-17-8-7-13;/h3-4,9,13-14,17H,5-8,10H2,1-2H3;1H. The molecule has 0 aliphatic carbocycles. The van der Waals surface area contributed by atoms with E-state index in [9.17, 15) is 13.2 Å². The number of rotatable bonds is 3. The highest BCUT2D eigenvalue weighted by molar-refractivity contribution is 7.89. The average Bonchev–Trinajstić information content (AvgIpc) is 2.80. The van der Waals surface area contributed by atoms with Gasteiger partial charge in [-0.15, -0.1) is 12.4 Å². The van der Waals surface area contributed by atoms with E-state index in [1.54, 1.807) is 23.4 Å². The van der Waals surface area contributed by atoms with Gasteiger partial charge in [-0.05, 0) is 50.4 Å². The van der Waals surface area contributed by atoms with Crippen LogP contribution in [0, 0.1) is 6.92 Å². The molecule has 0 amide bonds. The van der Waals surface area contributed by atoms with Crippen LogP contribution in [0.4, 0.5) is 0 Å². The second-order valence-electron chi connectivity index (χ2n) is 6.18. The van der Waals surface area contributed by atoms with E-state index in [0.29, 0.717) is 12.1 Å². The molecule has 2 unspecified atom stereocenters. The Kier molecular flexibility index (Phi) is 5.91. The number of methoxy groups -OCH3 is 1. The minimum atomic E-state index is -3.63. The second-order valence-corrected chi connectivity index (χ2v) is 8.00. The van der Waals surface area contributed by atoms with Crippen LogP contribution >= 0.6 is 12.4 Å². The van der Waals surface area contributed by atoms with E-state index in [-0.39, 0.29) is 34.9 Å². The van der Waals surface area contributed by atoms with Gasteiger partial charge in [-0.3, -0.25) is 0 Å².